The van der Waals surface area contributed by atoms with E-state index in [1.807, 2.05) is 18.2 Å². The van der Waals surface area contributed by atoms with Gasteiger partial charge in [-0.1, -0.05) is 17.7 Å². The number of pyridine rings is 1. The number of ether oxygens (including phenoxy) is 1. The molecule has 6 heteroatoms. The molecule has 0 aliphatic rings. The molecule has 0 fully saturated rings. The minimum Gasteiger partial charge on any atom is -0.482 e. The van der Waals surface area contributed by atoms with Crippen LogP contribution in [0.25, 0.3) is 0 Å². The summed E-state index contributed by atoms with van der Waals surface area (Å²) < 4.78 is 18.1. The second-order valence-electron chi connectivity index (χ2n) is 4.28. The molecule has 110 valence electrons. The second-order valence-corrected chi connectivity index (χ2v) is 4.69. The fraction of sp³-hybridized carbons (Fsp3) is 0.200. The third kappa shape index (κ3) is 5.04. The van der Waals surface area contributed by atoms with Gasteiger partial charge in [-0.25, -0.2) is 4.39 Å². The maximum Gasteiger partial charge on any atom is 0.257 e. The summed E-state index contributed by atoms with van der Waals surface area (Å²) in [6.07, 6.45) is 2.35. The first kappa shape index (κ1) is 15.3. The van der Waals surface area contributed by atoms with Gasteiger partial charge in [0.05, 0.1) is 5.02 Å². The summed E-state index contributed by atoms with van der Waals surface area (Å²) in [5.41, 5.74) is 0.903. The smallest absolute Gasteiger partial charge is 0.257 e. The van der Waals surface area contributed by atoms with Gasteiger partial charge >= 0.3 is 0 Å². The lowest BCUT2D eigenvalue weighted by atomic mass is 10.3. The van der Waals surface area contributed by atoms with Crippen molar-refractivity contribution in [2.75, 3.05) is 13.2 Å². The zero-order chi connectivity index (χ0) is 15.1. The fourth-order valence-electron chi connectivity index (χ4n) is 1.66. The van der Waals surface area contributed by atoms with Crippen LogP contribution in [-0.2, 0) is 11.2 Å². The number of benzene rings is 1. The zero-order valence-electron chi connectivity index (χ0n) is 11.2. The van der Waals surface area contributed by atoms with Gasteiger partial charge in [0, 0.05) is 24.9 Å². The predicted molar refractivity (Wildman–Crippen MR) is 77.9 cm³/mol. The highest BCUT2D eigenvalue weighted by atomic mass is 35.5. The molecule has 1 heterocycles. The van der Waals surface area contributed by atoms with Gasteiger partial charge in [0.15, 0.2) is 6.61 Å². The van der Waals surface area contributed by atoms with E-state index >= 15 is 0 Å². The SMILES string of the molecule is O=C(COc1ccc(F)cc1Cl)NCCc1ccccn1. The van der Waals surface area contributed by atoms with E-state index in [1.165, 1.54) is 12.1 Å². The molecule has 1 amide bonds. The Kier molecular flexibility index (Phi) is 5.51. The van der Waals surface area contributed by atoms with Crippen LogP contribution in [-0.4, -0.2) is 24.0 Å². The Bertz CT molecular complexity index is 608. The Balaban J connectivity index is 1.72. The second kappa shape index (κ2) is 7.59. The minimum absolute atomic E-state index is 0.135. The van der Waals surface area contributed by atoms with Gasteiger partial charge in [0.2, 0.25) is 0 Å². The largest absolute Gasteiger partial charge is 0.482 e. The lowest BCUT2D eigenvalue weighted by Crippen LogP contribution is -2.30. The molecule has 0 aliphatic heterocycles. The van der Waals surface area contributed by atoms with E-state index in [2.05, 4.69) is 10.3 Å². The van der Waals surface area contributed by atoms with Gasteiger partial charge in [-0.3, -0.25) is 9.78 Å². The summed E-state index contributed by atoms with van der Waals surface area (Å²) in [4.78, 5) is 15.8. The highest BCUT2D eigenvalue weighted by Gasteiger charge is 2.06. The van der Waals surface area contributed by atoms with Gasteiger partial charge in [0.1, 0.15) is 11.6 Å². The van der Waals surface area contributed by atoms with Crippen molar-refractivity contribution in [3.8, 4) is 5.75 Å². The lowest BCUT2D eigenvalue weighted by molar-refractivity contribution is -0.123. The quantitative estimate of drug-likeness (QED) is 0.892. The van der Waals surface area contributed by atoms with Crippen LogP contribution in [0.1, 0.15) is 5.69 Å². The standard InChI is InChI=1S/C15H14ClFN2O2/c16-13-9-11(17)4-5-14(13)21-10-15(20)19-8-6-12-3-1-2-7-18-12/h1-5,7,9H,6,8,10H2,(H,19,20). The number of aromatic nitrogens is 1. The average Bonchev–Trinajstić information content (AvgIpc) is 2.47. The fourth-order valence-corrected chi connectivity index (χ4v) is 1.88. The number of nitrogens with zero attached hydrogens (tertiary/aromatic N) is 1. The Morgan fingerprint density at radius 3 is 2.90 bits per heavy atom. The molecule has 0 spiro atoms. The molecule has 1 aromatic carbocycles. The molecule has 0 saturated carbocycles. The molecule has 0 bridgehead atoms. The molecule has 0 aliphatic carbocycles. The van der Waals surface area contributed by atoms with Crippen molar-refractivity contribution >= 4 is 17.5 Å². The van der Waals surface area contributed by atoms with E-state index in [1.54, 1.807) is 6.20 Å². The van der Waals surface area contributed by atoms with Gasteiger partial charge in [-0.15, -0.1) is 0 Å². The molecule has 2 aromatic rings. The first-order valence-electron chi connectivity index (χ1n) is 6.39. The van der Waals surface area contributed by atoms with E-state index < -0.39 is 5.82 Å². The summed E-state index contributed by atoms with van der Waals surface area (Å²) in [7, 11) is 0. The van der Waals surface area contributed by atoms with Crippen molar-refractivity contribution in [2.45, 2.75) is 6.42 Å². The van der Waals surface area contributed by atoms with Crippen molar-refractivity contribution < 1.29 is 13.9 Å². The molecule has 1 aromatic heterocycles. The van der Waals surface area contributed by atoms with Crippen LogP contribution < -0.4 is 10.1 Å². The van der Waals surface area contributed by atoms with Crippen molar-refractivity contribution in [3.63, 3.8) is 0 Å². The van der Waals surface area contributed by atoms with E-state index in [0.717, 1.165) is 11.8 Å². The Morgan fingerprint density at radius 1 is 1.33 bits per heavy atom. The number of amides is 1. The molecule has 4 nitrogen and oxygen atoms in total. The molecule has 0 radical (unpaired) electrons. The topological polar surface area (TPSA) is 51.2 Å². The molecule has 2 rings (SSSR count). The number of halogens is 2. The van der Waals surface area contributed by atoms with Crippen molar-refractivity contribution in [1.29, 1.82) is 0 Å². The van der Waals surface area contributed by atoms with E-state index in [9.17, 15) is 9.18 Å². The lowest BCUT2D eigenvalue weighted by Gasteiger charge is -2.08. The van der Waals surface area contributed by atoms with Crippen LogP contribution in [0.15, 0.2) is 42.6 Å². The number of hydrogen-bond donors (Lipinski definition) is 1. The molecular weight excluding hydrogens is 295 g/mol. The molecular formula is C15H14ClFN2O2. The van der Waals surface area contributed by atoms with Gasteiger partial charge < -0.3 is 10.1 Å². The molecule has 0 unspecified atom stereocenters. The number of hydrogen-bond acceptors (Lipinski definition) is 3. The van der Waals surface area contributed by atoms with E-state index in [4.69, 9.17) is 16.3 Å². The summed E-state index contributed by atoms with van der Waals surface area (Å²) >= 11 is 5.79. The van der Waals surface area contributed by atoms with Crippen LogP contribution in [0.2, 0.25) is 5.02 Å². The Hall–Kier alpha value is -2.14. The maximum absolute atomic E-state index is 12.8. The van der Waals surface area contributed by atoms with Crippen LogP contribution in [0.4, 0.5) is 4.39 Å². The van der Waals surface area contributed by atoms with Crippen LogP contribution in [0.5, 0.6) is 5.75 Å². The number of nitrogens with one attached hydrogen (secondary N) is 1. The maximum atomic E-state index is 12.8. The number of carbonyl (C=O) groups excluding carboxylic acids is 1. The van der Waals surface area contributed by atoms with Crippen LogP contribution >= 0.6 is 11.6 Å². The molecule has 0 atom stereocenters. The number of rotatable bonds is 6. The van der Waals surface area contributed by atoms with Crippen molar-refractivity contribution in [1.82, 2.24) is 10.3 Å². The third-order valence-electron chi connectivity index (χ3n) is 2.68. The molecule has 21 heavy (non-hydrogen) atoms. The summed E-state index contributed by atoms with van der Waals surface area (Å²) in [5, 5.41) is 2.85. The van der Waals surface area contributed by atoms with Gasteiger partial charge in [-0.2, -0.15) is 0 Å². The van der Waals surface area contributed by atoms with Gasteiger partial charge in [0.25, 0.3) is 5.91 Å². The first-order chi connectivity index (χ1) is 10.1. The normalized spacial score (nSPS) is 10.2. The third-order valence-corrected chi connectivity index (χ3v) is 2.98. The summed E-state index contributed by atoms with van der Waals surface area (Å²) in [6.45, 7) is 0.296. The van der Waals surface area contributed by atoms with Crippen LogP contribution in [0.3, 0.4) is 0 Å². The predicted octanol–water partition coefficient (Wildman–Crippen LogP) is 2.61. The van der Waals surface area contributed by atoms with Gasteiger partial charge in [-0.05, 0) is 30.3 Å². The highest BCUT2D eigenvalue weighted by molar-refractivity contribution is 6.32. The molecule has 0 saturated heterocycles. The Morgan fingerprint density at radius 2 is 2.19 bits per heavy atom. The highest BCUT2D eigenvalue weighted by Crippen LogP contribution is 2.24. The average molecular weight is 309 g/mol. The van der Waals surface area contributed by atoms with E-state index in [0.29, 0.717) is 13.0 Å². The minimum atomic E-state index is -0.452. The Labute approximate surface area is 126 Å². The molecule has 1 N–H and O–H groups in total. The van der Waals surface area contributed by atoms with Crippen LogP contribution in [0, 0.1) is 5.82 Å². The zero-order valence-corrected chi connectivity index (χ0v) is 11.9. The summed E-state index contributed by atoms with van der Waals surface area (Å²) in [6, 6.07) is 9.36. The first-order valence-corrected chi connectivity index (χ1v) is 6.77. The summed E-state index contributed by atoms with van der Waals surface area (Å²) in [5.74, 6) is -0.448. The monoisotopic (exact) mass is 308 g/mol. The number of carbonyl (C=O) groups is 1. The van der Waals surface area contributed by atoms with Crippen molar-refractivity contribution in [2.24, 2.45) is 0 Å². The van der Waals surface area contributed by atoms with E-state index in [-0.39, 0.29) is 23.3 Å². The van der Waals surface area contributed by atoms with Crippen molar-refractivity contribution in [3.05, 3.63) is 59.1 Å².